The van der Waals surface area contributed by atoms with E-state index in [0.717, 1.165) is 11.5 Å². The lowest BCUT2D eigenvalue weighted by Crippen LogP contribution is -2.40. The summed E-state index contributed by atoms with van der Waals surface area (Å²) in [5.41, 5.74) is -0.231. The summed E-state index contributed by atoms with van der Waals surface area (Å²) in [5, 5.41) is 9.54. The number of aliphatic carboxylic acids is 1. The molecule has 0 spiro atoms. The molecule has 1 atom stereocenters. The zero-order chi connectivity index (χ0) is 15.8. The van der Waals surface area contributed by atoms with Crippen molar-refractivity contribution in [2.75, 3.05) is 23.0 Å². The number of rotatable bonds is 4. The maximum Gasteiger partial charge on any atom is 0.323 e. The predicted molar refractivity (Wildman–Crippen MR) is 80.6 cm³/mol. The lowest BCUT2D eigenvalue weighted by atomic mass is 9.96. The molecule has 2 rings (SSSR count). The van der Waals surface area contributed by atoms with Crippen molar-refractivity contribution in [3.8, 4) is 0 Å². The van der Waals surface area contributed by atoms with Crippen molar-refractivity contribution in [1.82, 2.24) is 9.36 Å². The molecule has 1 N–H and O–H groups in total. The van der Waals surface area contributed by atoms with Crippen molar-refractivity contribution in [1.29, 1.82) is 0 Å². The van der Waals surface area contributed by atoms with Crippen LogP contribution in [0.1, 0.15) is 33.0 Å². The minimum atomic E-state index is -3.08. The smallest absolute Gasteiger partial charge is 0.323 e. The molecule has 0 radical (unpaired) electrons. The van der Waals surface area contributed by atoms with Crippen LogP contribution in [0.25, 0.3) is 0 Å². The van der Waals surface area contributed by atoms with Gasteiger partial charge in [-0.3, -0.25) is 4.79 Å². The average Bonchev–Trinajstić information content (AvgIpc) is 2.91. The van der Waals surface area contributed by atoms with Gasteiger partial charge >= 0.3 is 5.97 Å². The largest absolute Gasteiger partial charge is 0.480 e. The van der Waals surface area contributed by atoms with Gasteiger partial charge in [0.25, 0.3) is 0 Å². The topological polar surface area (TPSA) is 100 Å². The molecule has 0 saturated carbocycles. The highest BCUT2D eigenvalue weighted by molar-refractivity contribution is 7.91. The van der Waals surface area contributed by atoms with Crippen molar-refractivity contribution in [3.05, 3.63) is 5.82 Å². The second-order valence-corrected chi connectivity index (χ2v) is 9.19. The SMILES string of the molecule is CC(C)(C)c1nsc(N(CC(=O)O)C2CCS(=O)(=O)C2)n1. The summed E-state index contributed by atoms with van der Waals surface area (Å²) in [6, 6.07) is -0.341. The lowest BCUT2D eigenvalue weighted by molar-refractivity contribution is -0.135. The van der Waals surface area contributed by atoms with Gasteiger partial charge in [-0.25, -0.2) is 13.4 Å². The second-order valence-electron chi connectivity index (χ2n) is 6.23. The van der Waals surface area contributed by atoms with Crippen LogP contribution in [0.3, 0.4) is 0 Å². The van der Waals surface area contributed by atoms with Gasteiger partial charge in [0, 0.05) is 23.0 Å². The quantitative estimate of drug-likeness (QED) is 0.874. The fourth-order valence-corrected chi connectivity index (χ4v) is 4.82. The molecule has 0 amide bonds. The van der Waals surface area contributed by atoms with Crippen molar-refractivity contribution >= 4 is 32.5 Å². The van der Waals surface area contributed by atoms with Crippen molar-refractivity contribution in [2.45, 2.75) is 38.6 Å². The number of carbonyl (C=O) groups is 1. The molecule has 1 unspecified atom stereocenters. The Kier molecular flexibility index (Phi) is 4.25. The summed E-state index contributed by atoms with van der Waals surface area (Å²) in [4.78, 5) is 17.0. The van der Waals surface area contributed by atoms with E-state index in [9.17, 15) is 13.2 Å². The monoisotopic (exact) mass is 333 g/mol. The minimum absolute atomic E-state index is 0.0231. The molecule has 1 saturated heterocycles. The fourth-order valence-electron chi connectivity index (χ4n) is 2.16. The van der Waals surface area contributed by atoms with Gasteiger partial charge in [-0.15, -0.1) is 0 Å². The van der Waals surface area contributed by atoms with Crippen LogP contribution >= 0.6 is 11.5 Å². The molecule has 0 aromatic carbocycles. The van der Waals surface area contributed by atoms with Gasteiger partial charge in [0.1, 0.15) is 12.4 Å². The standard InChI is InChI=1S/C12H19N3O4S2/c1-12(2,3)10-13-11(20-14-10)15(6-9(16)17)8-4-5-21(18,19)7-8/h8H,4-7H2,1-3H3,(H,16,17). The number of carboxylic acid groups (broad SMARTS) is 1. The molecule has 1 aliphatic rings. The van der Waals surface area contributed by atoms with E-state index in [-0.39, 0.29) is 29.5 Å². The highest BCUT2D eigenvalue weighted by Gasteiger charge is 2.35. The van der Waals surface area contributed by atoms with Crippen LogP contribution in [-0.4, -0.2) is 52.9 Å². The third-order valence-corrected chi connectivity index (χ3v) is 5.79. The van der Waals surface area contributed by atoms with E-state index in [1.165, 1.54) is 0 Å². The Labute approximate surface area is 128 Å². The van der Waals surface area contributed by atoms with E-state index in [0.29, 0.717) is 17.4 Å². The number of hydrogen-bond donors (Lipinski definition) is 1. The molecular weight excluding hydrogens is 314 g/mol. The number of aromatic nitrogens is 2. The van der Waals surface area contributed by atoms with Gasteiger partial charge in [0.15, 0.2) is 9.84 Å². The first-order valence-corrected chi connectivity index (χ1v) is 9.21. The zero-order valence-electron chi connectivity index (χ0n) is 12.2. The highest BCUT2D eigenvalue weighted by atomic mass is 32.2. The molecule has 1 aromatic rings. The third-order valence-electron chi connectivity index (χ3n) is 3.29. The summed E-state index contributed by atoms with van der Waals surface area (Å²) in [7, 11) is -3.08. The van der Waals surface area contributed by atoms with Crippen LogP contribution in [-0.2, 0) is 20.0 Å². The summed E-state index contributed by atoms with van der Waals surface area (Å²) >= 11 is 1.12. The van der Waals surface area contributed by atoms with Crippen LogP contribution in [0.2, 0.25) is 0 Å². The first-order valence-electron chi connectivity index (χ1n) is 6.61. The Morgan fingerprint density at radius 2 is 2.14 bits per heavy atom. The van der Waals surface area contributed by atoms with E-state index in [1.807, 2.05) is 20.8 Å². The first-order chi connectivity index (χ1) is 9.58. The number of hydrogen-bond acceptors (Lipinski definition) is 7. The normalized spacial score (nSPS) is 21.4. The fraction of sp³-hybridized carbons (Fsp3) is 0.750. The number of carboxylic acids is 1. The molecule has 1 aliphatic heterocycles. The Morgan fingerprint density at radius 1 is 1.48 bits per heavy atom. The molecule has 118 valence electrons. The van der Waals surface area contributed by atoms with Crippen LogP contribution in [0.15, 0.2) is 0 Å². The van der Waals surface area contributed by atoms with Crippen LogP contribution < -0.4 is 4.90 Å². The van der Waals surface area contributed by atoms with E-state index in [4.69, 9.17) is 5.11 Å². The number of sulfone groups is 1. The Bertz CT molecular complexity index is 633. The average molecular weight is 333 g/mol. The third kappa shape index (κ3) is 3.91. The molecule has 1 fully saturated rings. The van der Waals surface area contributed by atoms with Gasteiger partial charge in [0.2, 0.25) is 5.13 Å². The molecule has 21 heavy (non-hydrogen) atoms. The van der Waals surface area contributed by atoms with E-state index in [1.54, 1.807) is 4.90 Å². The van der Waals surface area contributed by atoms with Crippen LogP contribution in [0, 0.1) is 0 Å². The molecular formula is C12H19N3O4S2. The molecule has 0 aliphatic carbocycles. The Morgan fingerprint density at radius 3 is 2.57 bits per heavy atom. The molecule has 0 bridgehead atoms. The number of nitrogens with zero attached hydrogens (tertiary/aromatic N) is 3. The van der Waals surface area contributed by atoms with Gasteiger partial charge in [-0.1, -0.05) is 20.8 Å². The van der Waals surface area contributed by atoms with Crippen molar-refractivity contribution in [2.24, 2.45) is 0 Å². The Balaban J connectivity index is 2.28. The van der Waals surface area contributed by atoms with Gasteiger partial charge in [-0.2, -0.15) is 4.37 Å². The summed E-state index contributed by atoms with van der Waals surface area (Å²) < 4.78 is 27.5. The molecule has 1 aromatic heterocycles. The zero-order valence-corrected chi connectivity index (χ0v) is 13.9. The van der Waals surface area contributed by atoms with Gasteiger partial charge in [-0.05, 0) is 6.42 Å². The highest BCUT2D eigenvalue weighted by Crippen LogP contribution is 2.29. The van der Waals surface area contributed by atoms with E-state index >= 15 is 0 Å². The first kappa shape index (κ1) is 16.2. The molecule has 2 heterocycles. The summed E-state index contributed by atoms with van der Waals surface area (Å²) in [5.74, 6) is -0.297. The summed E-state index contributed by atoms with van der Waals surface area (Å²) in [6.07, 6.45) is 0.431. The lowest BCUT2D eigenvalue weighted by Gasteiger charge is -2.25. The van der Waals surface area contributed by atoms with Crippen molar-refractivity contribution in [3.63, 3.8) is 0 Å². The Hall–Kier alpha value is -1.22. The summed E-state index contributed by atoms with van der Waals surface area (Å²) in [6.45, 7) is 5.65. The molecule has 7 nitrogen and oxygen atoms in total. The van der Waals surface area contributed by atoms with E-state index < -0.39 is 15.8 Å². The minimum Gasteiger partial charge on any atom is -0.480 e. The second kappa shape index (κ2) is 5.53. The predicted octanol–water partition coefficient (Wildman–Crippen LogP) is 0.914. The maximum absolute atomic E-state index is 11.6. The van der Waals surface area contributed by atoms with Crippen LogP contribution in [0.4, 0.5) is 5.13 Å². The van der Waals surface area contributed by atoms with Crippen molar-refractivity contribution < 1.29 is 18.3 Å². The molecule has 9 heteroatoms. The van der Waals surface area contributed by atoms with Gasteiger partial charge in [0.05, 0.1) is 11.5 Å². The van der Waals surface area contributed by atoms with Gasteiger partial charge < -0.3 is 10.0 Å². The van der Waals surface area contributed by atoms with E-state index in [2.05, 4.69) is 9.36 Å². The van der Waals surface area contributed by atoms with Crippen LogP contribution in [0.5, 0.6) is 0 Å². The maximum atomic E-state index is 11.6. The number of anilines is 1.